The highest BCUT2D eigenvalue weighted by molar-refractivity contribution is 5.89. The van der Waals surface area contributed by atoms with Crippen LogP contribution in [-0.4, -0.2) is 27.9 Å². The monoisotopic (exact) mass is 266 g/mol. The second kappa shape index (κ2) is 5.47. The van der Waals surface area contributed by atoms with Crippen LogP contribution in [0, 0.1) is 11.6 Å². The third kappa shape index (κ3) is 3.27. The average molecular weight is 266 g/mol. The quantitative estimate of drug-likeness (QED) is 0.895. The van der Waals surface area contributed by atoms with Crippen LogP contribution in [0.3, 0.4) is 0 Å². The van der Waals surface area contributed by atoms with Gasteiger partial charge < -0.3 is 15.2 Å². The van der Waals surface area contributed by atoms with Crippen LogP contribution >= 0.6 is 0 Å². The maximum absolute atomic E-state index is 13.4. The molecule has 0 unspecified atom stereocenters. The van der Waals surface area contributed by atoms with Crippen molar-refractivity contribution in [2.45, 2.75) is 6.54 Å². The molecule has 0 saturated carbocycles. The van der Waals surface area contributed by atoms with E-state index in [1.165, 1.54) is 11.0 Å². The molecule has 0 aliphatic carbocycles. The summed E-state index contributed by atoms with van der Waals surface area (Å²) in [7, 11) is 1.54. The van der Waals surface area contributed by atoms with Gasteiger partial charge in [0.15, 0.2) is 0 Å². The van der Waals surface area contributed by atoms with Gasteiger partial charge in [0.2, 0.25) is 0 Å². The van der Waals surface area contributed by atoms with Gasteiger partial charge in [0.05, 0.1) is 12.2 Å². The molecular formula is C12H12F2N4O. The van der Waals surface area contributed by atoms with E-state index in [1.54, 1.807) is 19.4 Å². The highest BCUT2D eigenvalue weighted by Gasteiger charge is 2.13. The van der Waals surface area contributed by atoms with Crippen molar-refractivity contribution in [3.63, 3.8) is 0 Å². The van der Waals surface area contributed by atoms with Gasteiger partial charge in [-0.2, -0.15) is 0 Å². The van der Waals surface area contributed by atoms with Gasteiger partial charge in [-0.1, -0.05) is 0 Å². The molecule has 2 N–H and O–H groups in total. The Morgan fingerprint density at radius 2 is 2.26 bits per heavy atom. The highest BCUT2D eigenvalue weighted by atomic mass is 19.1. The van der Waals surface area contributed by atoms with E-state index >= 15 is 0 Å². The summed E-state index contributed by atoms with van der Waals surface area (Å²) in [6, 6.07) is 2.44. The van der Waals surface area contributed by atoms with Crippen LogP contribution in [0.4, 0.5) is 19.3 Å². The van der Waals surface area contributed by atoms with Crippen LogP contribution in [0.1, 0.15) is 5.82 Å². The minimum absolute atomic E-state index is 0.0716. The number of H-pyrrole nitrogens is 1. The summed E-state index contributed by atoms with van der Waals surface area (Å²) in [4.78, 5) is 19.9. The lowest BCUT2D eigenvalue weighted by Gasteiger charge is -2.16. The van der Waals surface area contributed by atoms with Crippen molar-refractivity contribution in [1.82, 2.24) is 14.9 Å². The smallest absolute Gasteiger partial charge is 0.322 e. The Morgan fingerprint density at radius 1 is 1.47 bits per heavy atom. The first kappa shape index (κ1) is 13.0. The van der Waals surface area contributed by atoms with Gasteiger partial charge in [0, 0.05) is 25.5 Å². The zero-order valence-corrected chi connectivity index (χ0v) is 10.2. The summed E-state index contributed by atoms with van der Waals surface area (Å²) in [5.41, 5.74) is -0.0716. The molecule has 0 atom stereocenters. The number of carbonyl (C=O) groups excluding carboxylic acids is 1. The molecule has 1 heterocycles. The normalized spacial score (nSPS) is 10.3. The first-order valence-corrected chi connectivity index (χ1v) is 5.51. The van der Waals surface area contributed by atoms with E-state index in [4.69, 9.17) is 0 Å². The van der Waals surface area contributed by atoms with E-state index in [9.17, 15) is 13.6 Å². The number of hydrogen-bond acceptors (Lipinski definition) is 2. The molecule has 0 aliphatic heterocycles. The minimum atomic E-state index is -0.820. The molecule has 1 aromatic carbocycles. The van der Waals surface area contributed by atoms with Gasteiger partial charge in [-0.25, -0.2) is 18.6 Å². The molecule has 0 fully saturated rings. The molecule has 2 rings (SSSR count). The Morgan fingerprint density at radius 3 is 2.89 bits per heavy atom. The summed E-state index contributed by atoms with van der Waals surface area (Å²) in [6.45, 7) is 0.252. The van der Waals surface area contributed by atoms with E-state index < -0.39 is 17.7 Å². The fourth-order valence-electron chi connectivity index (χ4n) is 1.48. The highest BCUT2D eigenvalue weighted by Crippen LogP contribution is 2.15. The van der Waals surface area contributed by atoms with Crippen molar-refractivity contribution in [3.05, 3.63) is 48.1 Å². The van der Waals surface area contributed by atoms with Crippen LogP contribution < -0.4 is 5.32 Å². The molecule has 0 saturated heterocycles. The molecule has 1 aromatic heterocycles. The number of nitrogens with one attached hydrogen (secondary N) is 2. The van der Waals surface area contributed by atoms with Gasteiger partial charge >= 0.3 is 6.03 Å². The Labute approximate surface area is 108 Å². The van der Waals surface area contributed by atoms with Crippen LogP contribution in [0.2, 0.25) is 0 Å². The molecule has 0 bridgehead atoms. The second-order valence-corrected chi connectivity index (χ2v) is 3.95. The van der Waals surface area contributed by atoms with Gasteiger partial charge in [-0.05, 0) is 12.1 Å². The predicted molar refractivity (Wildman–Crippen MR) is 65.4 cm³/mol. The van der Waals surface area contributed by atoms with E-state index in [1.807, 2.05) is 0 Å². The molecule has 2 amide bonds. The topological polar surface area (TPSA) is 61.0 Å². The van der Waals surface area contributed by atoms with Crippen LogP contribution in [0.15, 0.2) is 30.6 Å². The number of nitrogens with zero attached hydrogens (tertiary/aromatic N) is 2. The number of rotatable bonds is 3. The third-order valence-corrected chi connectivity index (χ3v) is 2.46. The van der Waals surface area contributed by atoms with Gasteiger partial charge in [0.1, 0.15) is 17.5 Å². The maximum atomic E-state index is 13.4. The van der Waals surface area contributed by atoms with Gasteiger partial charge in [0.25, 0.3) is 0 Å². The lowest BCUT2D eigenvalue weighted by atomic mass is 10.3. The van der Waals surface area contributed by atoms with Crippen LogP contribution in [0.25, 0.3) is 0 Å². The van der Waals surface area contributed by atoms with E-state index in [0.717, 1.165) is 6.07 Å². The van der Waals surface area contributed by atoms with E-state index in [-0.39, 0.29) is 12.2 Å². The van der Waals surface area contributed by atoms with Crippen molar-refractivity contribution < 1.29 is 13.6 Å². The summed E-state index contributed by atoms with van der Waals surface area (Å²) >= 11 is 0. The zero-order chi connectivity index (χ0) is 13.8. The van der Waals surface area contributed by atoms with Crippen molar-refractivity contribution in [2.24, 2.45) is 0 Å². The van der Waals surface area contributed by atoms with Crippen molar-refractivity contribution in [1.29, 1.82) is 0 Å². The number of benzene rings is 1. The lowest BCUT2D eigenvalue weighted by molar-refractivity contribution is 0.219. The number of hydrogen-bond donors (Lipinski definition) is 2. The SMILES string of the molecule is CN(Cc1ncc[nH]1)C(=O)Nc1ccc(F)cc1F. The Kier molecular flexibility index (Phi) is 3.74. The molecule has 5 nitrogen and oxygen atoms in total. The Balaban J connectivity index is 2.00. The molecule has 19 heavy (non-hydrogen) atoms. The first-order chi connectivity index (χ1) is 9.06. The molecule has 0 spiro atoms. The average Bonchev–Trinajstić information content (AvgIpc) is 2.85. The van der Waals surface area contributed by atoms with Crippen LogP contribution in [0.5, 0.6) is 0 Å². The number of amides is 2. The molecule has 0 aliphatic rings. The van der Waals surface area contributed by atoms with Gasteiger partial charge in [-0.3, -0.25) is 0 Å². The molecule has 0 radical (unpaired) electrons. The number of urea groups is 1. The van der Waals surface area contributed by atoms with Crippen molar-refractivity contribution in [2.75, 3.05) is 12.4 Å². The Hall–Kier alpha value is -2.44. The number of imidazole rings is 1. The number of carbonyl (C=O) groups is 1. The maximum Gasteiger partial charge on any atom is 0.322 e. The molecular weight excluding hydrogens is 254 g/mol. The van der Waals surface area contributed by atoms with Crippen molar-refractivity contribution >= 4 is 11.7 Å². The second-order valence-electron chi connectivity index (χ2n) is 3.95. The lowest BCUT2D eigenvalue weighted by Crippen LogP contribution is -2.31. The molecule has 100 valence electrons. The summed E-state index contributed by atoms with van der Waals surface area (Å²) in [5.74, 6) is -0.906. The zero-order valence-electron chi connectivity index (χ0n) is 10.2. The number of anilines is 1. The van der Waals surface area contributed by atoms with Gasteiger partial charge in [-0.15, -0.1) is 0 Å². The predicted octanol–water partition coefficient (Wildman–Crippen LogP) is 2.35. The van der Waals surface area contributed by atoms with Crippen LogP contribution in [-0.2, 0) is 6.54 Å². The van der Waals surface area contributed by atoms with E-state index in [0.29, 0.717) is 11.9 Å². The summed E-state index contributed by atoms with van der Waals surface area (Å²) in [5, 5.41) is 2.35. The third-order valence-electron chi connectivity index (χ3n) is 2.46. The number of aromatic nitrogens is 2. The number of aromatic amines is 1. The van der Waals surface area contributed by atoms with Crippen molar-refractivity contribution in [3.8, 4) is 0 Å². The minimum Gasteiger partial charge on any atom is -0.347 e. The first-order valence-electron chi connectivity index (χ1n) is 5.51. The summed E-state index contributed by atoms with van der Waals surface area (Å²) in [6.07, 6.45) is 3.21. The largest absolute Gasteiger partial charge is 0.347 e. The number of halogens is 2. The Bertz CT molecular complexity index is 571. The fraction of sp³-hybridized carbons (Fsp3) is 0.167. The molecule has 7 heteroatoms. The molecule has 2 aromatic rings. The van der Waals surface area contributed by atoms with E-state index in [2.05, 4.69) is 15.3 Å². The standard InChI is InChI=1S/C12H12F2N4O/c1-18(7-11-15-4-5-16-11)12(19)17-10-3-2-8(13)6-9(10)14/h2-6H,7H2,1H3,(H,15,16)(H,17,19). The fourth-order valence-corrected chi connectivity index (χ4v) is 1.48. The summed E-state index contributed by atoms with van der Waals surface area (Å²) < 4.78 is 26.1.